The van der Waals surface area contributed by atoms with Crippen molar-refractivity contribution in [3.63, 3.8) is 0 Å². The van der Waals surface area contributed by atoms with Crippen LogP contribution in [0.3, 0.4) is 0 Å². The van der Waals surface area contributed by atoms with Crippen molar-refractivity contribution in [2.45, 2.75) is 50.7 Å². The Bertz CT molecular complexity index is 991. The second-order valence-corrected chi connectivity index (χ2v) is 9.79. The molecule has 2 saturated heterocycles. The molecule has 3 aliphatic rings. The normalized spacial score (nSPS) is 21.4. The van der Waals surface area contributed by atoms with E-state index in [4.69, 9.17) is 9.47 Å². The number of methoxy groups -OCH3 is 1. The van der Waals surface area contributed by atoms with Gasteiger partial charge in [0.2, 0.25) is 0 Å². The first-order valence-corrected chi connectivity index (χ1v) is 13.0. The van der Waals surface area contributed by atoms with Crippen molar-refractivity contribution in [2.24, 2.45) is 5.92 Å². The number of hydrogen-bond acceptors (Lipinski definition) is 6. The van der Waals surface area contributed by atoms with E-state index in [9.17, 15) is 24.3 Å². The average Bonchev–Trinajstić information content (AvgIpc) is 3.38. The number of carboxylic acid groups (broad SMARTS) is 1. The maximum absolute atomic E-state index is 13.8. The summed E-state index contributed by atoms with van der Waals surface area (Å²) in [5, 5.41) is 12.5. The SMILES string of the molecule is COc1cccc(C(=O)N2CCN(C(=O)N3CCOCC3)C2C(=O)NC(CC(=O)O)C2CCCCC2)c1. The number of nitrogens with one attached hydrogen (secondary N) is 1. The summed E-state index contributed by atoms with van der Waals surface area (Å²) in [7, 11) is 1.51. The Morgan fingerprint density at radius 3 is 2.43 bits per heavy atom. The Kier molecular flexibility index (Phi) is 8.86. The second kappa shape index (κ2) is 12.3. The van der Waals surface area contributed by atoms with Crippen LogP contribution in [0.4, 0.5) is 4.79 Å². The lowest BCUT2D eigenvalue weighted by Crippen LogP contribution is -2.59. The van der Waals surface area contributed by atoms with Crippen molar-refractivity contribution in [1.82, 2.24) is 20.0 Å². The van der Waals surface area contributed by atoms with Gasteiger partial charge in [-0.25, -0.2) is 4.79 Å². The summed E-state index contributed by atoms with van der Waals surface area (Å²) >= 11 is 0. The van der Waals surface area contributed by atoms with Gasteiger partial charge in [0.1, 0.15) is 5.75 Å². The highest BCUT2D eigenvalue weighted by atomic mass is 16.5. The molecule has 2 aliphatic heterocycles. The number of carbonyl (C=O) groups excluding carboxylic acids is 3. The van der Waals surface area contributed by atoms with Gasteiger partial charge in [0.05, 0.1) is 26.7 Å². The summed E-state index contributed by atoms with van der Waals surface area (Å²) in [5.41, 5.74) is 0.340. The topological polar surface area (TPSA) is 129 Å². The van der Waals surface area contributed by atoms with Crippen LogP contribution < -0.4 is 10.1 Å². The largest absolute Gasteiger partial charge is 0.497 e. The molecule has 11 heteroatoms. The molecule has 4 amide bonds. The predicted molar refractivity (Wildman–Crippen MR) is 133 cm³/mol. The molecule has 1 aromatic rings. The van der Waals surface area contributed by atoms with Gasteiger partial charge in [-0.05, 0) is 37.0 Å². The van der Waals surface area contributed by atoms with Crippen molar-refractivity contribution in [2.75, 3.05) is 46.5 Å². The zero-order chi connectivity index (χ0) is 26.4. The van der Waals surface area contributed by atoms with E-state index in [1.54, 1.807) is 29.2 Å². The first kappa shape index (κ1) is 26.7. The highest BCUT2D eigenvalue weighted by molar-refractivity contribution is 5.99. The molecule has 2 atom stereocenters. The smallest absolute Gasteiger partial charge is 0.322 e. The zero-order valence-electron chi connectivity index (χ0n) is 21.3. The lowest BCUT2D eigenvalue weighted by molar-refractivity contribution is -0.138. The van der Waals surface area contributed by atoms with Crippen LogP contribution in [-0.4, -0.2) is 102 Å². The van der Waals surface area contributed by atoms with Crippen molar-refractivity contribution < 1.29 is 33.8 Å². The number of ether oxygens (including phenoxy) is 2. The van der Waals surface area contributed by atoms with E-state index in [0.717, 1.165) is 32.1 Å². The van der Waals surface area contributed by atoms with Crippen molar-refractivity contribution in [1.29, 1.82) is 0 Å². The second-order valence-electron chi connectivity index (χ2n) is 9.79. The van der Waals surface area contributed by atoms with Gasteiger partial charge in [-0.3, -0.25) is 19.3 Å². The molecule has 1 aliphatic carbocycles. The Hall–Kier alpha value is -3.34. The number of nitrogens with zero attached hydrogens (tertiary/aromatic N) is 3. The van der Waals surface area contributed by atoms with E-state index in [1.165, 1.54) is 16.9 Å². The molecule has 0 aromatic heterocycles. The van der Waals surface area contributed by atoms with Gasteiger partial charge in [-0.15, -0.1) is 0 Å². The van der Waals surface area contributed by atoms with Crippen LogP contribution in [0, 0.1) is 5.92 Å². The van der Waals surface area contributed by atoms with Gasteiger partial charge < -0.3 is 29.7 Å². The molecule has 0 spiro atoms. The molecule has 37 heavy (non-hydrogen) atoms. The van der Waals surface area contributed by atoms with Crippen molar-refractivity contribution >= 4 is 23.8 Å². The fourth-order valence-corrected chi connectivity index (χ4v) is 5.50. The van der Waals surface area contributed by atoms with E-state index in [1.807, 2.05) is 0 Å². The van der Waals surface area contributed by atoms with E-state index in [-0.39, 0.29) is 31.5 Å². The summed E-state index contributed by atoms with van der Waals surface area (Å²) in [6.45, 7) is 1.99. The molecule has 11 nitrogen and oxygen atoms in total. The summed E-state index contributed by atoms with van der Waals surface area (Å²) in [6, 6.07) is 5.75. The van der Waals surface area contributed by atoms with Crippen LogP contribution in [0.25, 0.3) is 0 Å². The molecule has 202 valence electrons. The first-order valence-electron chi connectivity index (χ1n) is 13.0. The molecule has 2 heterocycles. The maximum Gasteiger partial charge on any atom is 0.322 e. The van der Waals surface area contributed by atoms with Gasteiger partial charge in [0.25, 0.3) is 11.8 Å². The summed E-state index contributed by atoms with van der Waals surface area (Å²) in [6.07, 6.45) is 3.36. The molecule has 1 saturated carbocycles. The number of carbonyl (C=O) groups is 4. The number of amides is 4. The van der Waals surface area contributed by atoms with Crippen LogP contribution in [0.5, 0.6) is 5.75 Å². The molecular formula is C26H36N4O7. The quantitative estimate of drug-likeness (QED) is 0.565. The summed E-state index contributed by atoms with van der Waals surface area (Å²) in [4.78, 5) is 56.9. The molecular weight excluding hydrogens is 480 g/mol. The van der Waals surface area contributed by atoms with Gasteiger partial charge in [0, 0.05) is 37.8 Å². The molecule has 2 N–H and O–H groups in total. The number of morpholine rings is 1. The highest BCUT2D eigenvalue weighted by Crippen LogP contribution is 2.29. The third-order valence-corrected chi connectivity index (χ3v) is 7.45. The predicted octanol–water partition coefficient (Wildman–Crippen LogP) is 1.77. The van der Waals surface area contributed by atoms with Crippen molar-refractivity contribution in [3.05, 3.63) is 29.8 Å². The Balaban J connectivity index is 1.60. The molecule has 0 radical (unpaired) electrons. The molecule has 3 fully saturated rings. The fourth-order valence-electron chi connectivity index (χ4n) is 5.50. The summed E-state index contributed by atoms with van der Waals surface area (Å²) < 4.78 is 10.6. The number of rotatable bonds is 7. The van der Waals surface area contributed by atoms with Gasteiger partial charge in [-0.1, -0.05) is 25.3 Å². The van der Waals surface area contributed by atoms with Crippen LogP contribution in [-0.2, 0) is 14.3 Å². The minimum atomic E-state index is -1.19. The minimum absolute atomic E-state index is 0.0427. The Labute approximate surface area is 216 Å². The lowest BCUT2D eigenvalue weighted by Gasteiger charge is -2.36. The molecule has 4 rings (SSSR count). The fraction of sp³-hybridized carbons (Fsp3) is 0.615. The van der Waals surface area contributed by atoms with E-state index < -0.39 is 30.0 Å². The zero-order valence-corrected chi connectivity index (χ0v) is 21.3. The minimum Gasteiger partial charge on any atom is -0.497 e. The number of hydrogen-bond donors (Lipinski definition) is 2. The van der Waals surface area contributed by atoms with Crippen LogP contribution in [0.2, 0.25) is 0 Å². The van der Waals surface area contributed by atoms with Crippen molar-refractivity contribution in [3.8, 4) is 5.75 Å². The Morgan fingerprint density at radius 1 is 1.05 bits per heavy atom. The molecule has 2 unspecified atom stereocenters. The highest BCUT2D eigenvalue weighted by Gasteiger charge is 2.45. The molecule has 1 aromatic carbocycles. The lowest BCUT2D eigenvalue weighted by atomic mass is 9.82. The third-order valence-electron chi connectivity index (χ3n) is 7.45. The monoisotopic (exact) mass is 516 g/mol. The number of carboxylic acids is 1. The third kappa shape index (κ3) is 6.33. The maximum atomic E-state index is 13.8. The first-order chi connectivity index (χ1) is 17.9. The number of benzene rings is 1. The molecule has 0 bridgehead atoms. The van der Waals surface area contributed by atoms with Crippen LogP contribution >= 0.6 is 0 Å². The van der Waals surface area contributed by atoms with E-state index in [0.29, 0.717) is 37.6 Å². The Morgan fingerprint density at radius 2 is 1.76 bits per heavy atom. The standard InChI is InChI=1S/C26H36N4O7/c1-36-20-9-5-8-19(16-20)25(34)29-10-11-30(26(35)28-12-14-37-15-13-28)24(29)23(33)27-21(17-22(31)32)18-6-3-2-4-7-18/h5,8-9,16,18,21,24H,2-4,6-7,10-15,17H2,1H3,(H,27,33)(H,31,32). The van der Waals surface area contributed by atoms with Gasteiger partial charge in [0.15, 0.2) is 6.17 Å². The summed E-state index contributed by atoms with van der Waals surface area (Å²) in [5.74, 6) is -1.38. The van der Waals surface area contributed by atoms with Crippen LogP contribution in [0.15, 0.2) is 24.3 Å². The van der Waals surface area contributed by atoms with Crippen LogP contribution in [0.1, 0.15) is 48.9 Å². The number of urea groups is 1. The average molecular weight is 517 g/mol. The van der Waals surface area contributed by atoms with Gasteiger partial charge in [-0.2, -0.15) is 0 Å². The number of aliphatic carboxylic acids is 1. The van der Waals surface area contributed by atoms with Gasteiger partial charge >= 0.3 is 12.0 Å². The van der Waals surface area contributed by atoms with E-state index >= 15 is 0 Å². The van der Waals surface area contributed by atoms with E-state index in [2.05, 4.69) is 5.32 Å².